The summed E-state index contributed by atoms with van der Waals surface area (Å²) in [5.74, 6) is -0.158. The normalized spacial score (nSPS) is 16.9. The van der Waals surface area contributed by atoms with Crippen molar-refractivity contribution < 1.29 is 22.7 Å². The number of nitrogens with one attached hydrogen (secondary N) is 2. The third-order valence-electron chi connectivity index (χ3n) is 4.39. The summed E-state index contributed by atoms with van der Waals surface area (Å²) in [6.07, 6.45) is -2.33. The first-order valence-corrected chi connectivity index (χ1v) is 8.85. The number of hydrogen-bond donors (Lipinski definition) is 2. The van der Waals surface area contributed by atoms with Gasteiger partial charge in [0.25, 0.3) is 5.56 Å². The molecule has 3 rings (SSSR count). The molecule has 0 spiro atoms. The Morgan fingerprint density at radius 3 is 2.61 bits per heavy atom. The maximum Gasteiger partial charge on any atom is 0.416 e. The zero-order valence-electron chi connectivity index (χ0n) is 14.9. The molecular weight excluding hydrogens is 377 g/mol. The van der Waals surface area contributed by atoms with Crippen LogP contribution in [-0.2, 0) is 22.1 Å². The first-order chi connectivity index (χ1) is 13.3. The molecule has 7 nitrogen and oxygen atoms in total. The lowest BCUT2D eigenvalue weighted by atomic mass is 10.1. The van der Waals surface area contributed by atoms with Crippen molar-refractivity contribution in [1.82, 2.24) is 20.5 Å². The van der Waals surface area contributed by atoms with Crippen molar-refractivity contribution in [3.8, 4) is 11.4 Å². The molecular formula is C18H19F3N4O3. The van der Waals surface area contributed by atoms with E-state index in [4.69, 9.17) is 4.74 Å². The maximum atomic E-state index is 12.6. The van der Waals surface area contributed by atoms with E-state index in [0.717, 1.165) is 25.0 Å². The Morgan fingerprint density at radius 2 is 2.00 bits per heavy atom. The van der Waals surface area contributed by atoms with Gasteiger partial charge in [-0.15, -0.1) is 10.2 Å². The number of aromatic nitrogens is 3. The van der Waals surface area contributed by atoms with Gasteiger partial charge in [0, 0.05) is 31.6 Å². The predicted molar refractivity (Wildman–Crippen MR) is 93.4 cm³/mol. The van der Waals surface area contributed by atoms with E-state index in [1.807, 2.05) is 0 Å². The number of aromatic amines is 1. The van der Waals surface area contributed by atoms with Crippen molar-refractivity contribution in [2.45, 2.75) is 38.0 Å². The monoisotopic (exact) mass is 396 g/mol. The van der Waals surface area contributed by atoms with Gasteiger partial charge in [-0.1, -0.05) is 12.1 Å². The number of ether oxygens (including phenoxy) is 1. The molecule has 1 unspecified atom stereocenters. The van der Waals surface area contributed by atoms with Gasteiger partial charge >= 0.3 is 6.18 Å². The number of amides is 1. The molecule has 0 bridgehead atoms. The van der Waals surface area contributed by atoms with Crippen LogP contribution in [0.4, 0.5) is 13.2 Å². The molecule has 0 aliphatic carbocycles. The van der Waals surface area contributed by atoms with Crippen LogP contribution in [0.15, 0.2) is 29.1 Å². The molecule has 2 aromatic rings. The largest absolute Gasteiger partial charge is 0.416 e. The Labute approximate surface area is 158 Å². The predicted octanol–water partition coefficient (Wildman–Crippen LogP) is 2.08. The number of carbonyl (C=O) groups is 1. The number of rotatable bonds is 6. The fourth-order valence-electron chi connectivity index (χ4n) is 2.82. The number of hydrogen-bond acceptors (Lipinski definition) is 5. The van der Waals surface area contributed by atoms with Gasteiger partial charge < -0.3 is 15.0 Å². The van der Waals surface area contributed by atoms with Gasteiger partial charge in [-0.05, 0) is 25.0 Å². The number of carbonyl (C=O) groups excluding carboxylic acids is 1. The molecule has 0 radical (unpaired) electrons. The average molecular weight is 396 g/mol. The number of nitrogens with zero attached hydrogens (tertiary/aromatic N) is 2. The summed E-state index contributed by atoms with van der Waals surface area (Å²) in [6, 6.07) is 4.23. The molecule has 10 heteroatoms. The van der Waals surface area contributed by atoms with Gasteiger partial charge in [0.1, 0.15) is 5.69 Å². The van der Waals surface area contributed by atoms with Crippen LogP contribution in [-0.4, -0.2) is 40.3 Å². The minimum absolute atomic E-state index is 0.0372. The topological polar surface area (TPSA) is 97.0 Å². The lowest BCUT2D eigenvalue weighted by Crippen LogP contribution is -2.32. The molecule has 1 saturated heterocycles. The summed E-state index contributed by atoms with van der Waals surface area (Å²) in [5, 5.41) is 10.4. The van der Waals surface area contributed by atoms with Gasteiger partial charge in [-0.3, -0.25) is 9.59 Å². The van der Waals surface area contributed by atoms with E-state index in [9.17, 15) is 22.8 Å². The number of benzene rings is 1. The maximum absolute atomic E-state index is 12.6. The van der Waals surface area contributed by atoms with Gasteiger partial charge in [-0.25, -0.2) is 0 Å². The highest BCUT2D eigenvalue weighted by molar-refractivity contribution is 5.76. The molecule has 0 saturated carbocycles. The minimum Gasteiger partial charge on any atom is -0.376 e. The highest BCUT2D eigenvalue weighted by Gasteiger charge is 2.30. The minimum atomic E-state index is -4.44. The lowest BCUT2D eigenvalue weighted by Gasteiger charge is -2.10. The second-order valence-corrected chi connectivity index (χ2v) is 6.46. The summed E-state index contributed by atoms with van der Waals surface area (Å²) in [4.78, 5) is 26.5. The molecule has 150 valence electrons. The number of alkyl halides is 3. The fourth-order valence-corrected chi connectivity index (χ4v) is 2.82. The van der Waals surface area contributed by atoms with Crippen molar-refractivity contribution >= 4 is 5.91 Å². The standard InChI is InChI=1S/C18H19F3N4O3/c19-18(20,21)12-5-3-11(4-6-12)16-23-17(27)14(24-25-16)7-8-15(26)22-10-13-2-1-9-28-13/h3-6,13H,1-2,7-10H2,(H,22,26)(H,23,25,27). The molecule has 28 heavy (non-hydrogen) atoms. The van der Waals surface area contributed by atoms with E-state index < -0.39 is 17.3 Å². The van der Waals surface area contributed by atoms with Gasteiger partial charge in [-0.2, -0.15) is 13.2 Å². The Hall–Kier alpha value is -2.75. The van der Waals surface area contributed by atoms with Gasteiger partial charge in [0.2, 0.25) is 5.91 Å². The summed E-state index contributed by atoms with van der Waals surface area (Å²) < 4.78 is 43.2. The van der Waals surface area contributed by atoms with Crippen molar-refractivity contribution in [3.63, 3.8) is 0 Å². The average Bonchev–Trinajstić information content (AvgIpc) is 3.18. The van der Waals surface area contributed by atoms with Crippen molar-refractivity contribution in [2.75, 3.05) is 13.2 Å². The quantitative estimate of drug-likeness (QED) is 0.779. The van der Waals surface area contributed by atoms with Crippen LogP contribution in [0.5, 0.6) is 0 Å². The molecule has 2 heterocycles. The van der Waals surface area contributed by atoms with Gasteiger partial charge in [0.05, 0.1) is 11.7 Å². The Bertz CT molecular complexity index is 875. The molecule has 1 aliphatic heterocycles. The smallest absolute Gasteiger partial charge is 0.376 e. The summed E-state index contributed by atoms with van der Waals surface area (Å²) in [7, 11) is 0. The zero-order chi connectivity index (χ0) is 20.1. The first kappa shape index (κ1) is 20.0. The molecule has 1 atom stereocenters. The first-order valence-electron chi connectivity index (χ1n) is 8.85. The van der Waals surface area contributed by atoms with E-state index in [0.29, 0.717) is 18.7 Å². The Morgan fingerprint density at radius 1 is 1.25 bits per heavy atom. The number of aryl methyl sites for hydroxylation is 1. The summed E-state index contributed by atoms with van der Waals surface area (Å²) >= 11 is 0. The van der Waals surface area contributed by atoms with Crippen molar-refractivity contribution in [1.29, 1.82) is 0 Å². The van der Waals surface area contributed by atoms with Crippen LogP contribution in [0.25, 0.3) is 11.4 Å². The third kappa shape index (κ3) is 5.16. The SMILES string of the molecule is O=C(CCc1nnc(-c2ccc(C(F)(F)F)cc2)[nH]c1=O)NCC1CCCO1. The Balaban J connectivity index is 1.57. The van der Waals surface area contributed by atoms with E-state index >= 15 is 0 Å². The van der Waals surface area contributed by atoms with E-state index in [1.54, 1.807) is 0 Å². The molecule has 1 aliphatic rings. The second-order valence-electron chi connectivity index (χ2n) is 6.46. The molecule has 1 aromatic carbocycles. The zero-order valence-corrected chi connectivity index (χ0v) is 14.9. The summed E-state index contributed by atoms with van der Waals surface area (Å²) in [6.45, 7) is 1.14. The van der Waals surface area contributed by atoms with E-state index in [2.05, 4.69) is 20.5 Å². The third-order valence-corrected chi connectivity index (χ3v) is 4.39. The number of halogens is 3. The molecule has 1 aromatic heterocycles. The van der Waals surface area contributed by atoms with Crippen LogP contribution in [0.3, 0.4) is 0 Å². The van der Waals surface area contributed by atoms with E-state index in [-0.39, 0.29) is 36.4 Å². The van der Waals surface area contributed by atoms with Crippen LogP contribution < -0.4 is 10.9 Å². The Kier molecular flexibility index (Phi) is 6.08. The van der Waals surface area contributed by atoms with Crippen LogP contribution in [0, 0.1) is 0 Å². The molecule has 1 fully saturated rings. The highest BCUT2D eigenvalue weighted by atomic mass is 19.4. The summed E-state index contributed by atoms with van der Waals surface area (Å²) in [5.41, 5.74) is -0.935. The molecule has 2 N–H and O–H groups in total. The van der Waals surface area contributed by atoms with E-state index in [1.165, 1.54) is 12.1 Å². The van der Waals surface area contributed by atoms with Gasteiger partial charge in [0.15, 0.2) is 5.82 Å². The lowest BCUT2D eigenvalue weighted by molar-refractivity contribution is -0.137. The highest BCUT2D eigenvalue weighted by Crippen LogP contribution is 2.30. The van der Waals surface area contributed by atoms with Crippen LogP contribution in [0.2, 0.25) is 0 Å². The van der Waals surface area contributed by atoms with Crippen LogP contribution in [0.1, 0.15) is 30.5 Å². The second kappa shape index (κ2) is 8.51. The fraction of sp³-hybridized carbons (Fsp3) is 0.444. The van der Waals surface area contributed by atoms with Crippen molar-refractivity contribution in [2.24, 2.45) is 0 Å². The number of H-pyrrole nitrogens is 1. The van der Waals surface area contributed by atoms with Crippen LogP contribution >= 0.6 is 0 Å². The molecule has 1 amide bonds. The van der Waals surface area contributed by atoms with Crippen molar-refractivity contribution in [3.05, 3.63) is 45.9 Å².